The molecule has 0 aliphatic rings. The highest BCUT2D eigenvalue weighted by molar-refractivity contribution is 8.16. The number of nitrogens with two attached hydrogens (primary N) is 1. The number of aliphatic carboxylic acids is 2. The molecule has 0 atom stereocenters. The Kier molecular flexibility index (Phi) is 57.7. The summed E-state index contributed by atoms with van der Waals surface area (Å²) < 4.78 is 0. The Morgan fingerprint density at radius 2 is 0.643 bits per heavy atom. The summed E-state index contributed by atoms with van der Waals surface area (Å²) in [7, 11) is -2.95. The van der Waals surface area contributed by atoms with Crippen LogP contribution in [0.15, 0.2) is 78.9 Å². The van der Waals surface area contributed by atoms with Crippen molar-refractivity contribution < 1.29 is 49.5 Å². The van der Waals surface area contributed by atoms with E-state index in [2.05, 4.69) is 57.7 Å². The minimum absolute atomic E-state index is 0. The number of benzene rings is 3. The maximum absolute atomic E-state index is 12.1. The number of carboxylic acid groups (broad SMARTS) is 2. The highest BCUT2D eigenvalue weighted by atomic mass is 32.2. The minimum Gasteiger partial charge on any atom is -0.481 e. The Hall–Kier alpha value is -3.29. The molecule has 0 aromatic heterocycles. The van der Waals surface area contributed by atoms with Gasteiger partial charge in [0.05, 0.1) is 0 Å². The van der Waals surface area contributed by atoms with E-state index in [0.717, 1.165) is 57.1 Å². The average molecular weight is 1240 g/mol. The molecule has 84 heavy (non-hydrogen) atoms. The van der Waals surface area contributed by atoms with Crippen LogP contribution >= 0.6 is 47.0 Å². The molecule has 0 saturated carbocycles. The molecule has 0 unspecified atom stereocenters. The van der Waals surface area contributed by atoms with Crippen molar-refractivity contribution >= 4 is 113 Å². The first-order chi connectivity index (χ1) is 40.4. The van der Waals surface area contributed by atoms with Gasteiger partial charge in [0.25, 0.3) is 0 Å². The van der Waals surface area contributed by atoms with Crippen LogP contribution in [0.2, 0.25) is 0 Å². The molecule has 10 N–H and O–H groups in total. The number of carbonyl (C=O) groups is 4. The molecule has 0 aliphatic carbocycles. The number of thioether (sulfide) groups is 4. The second-order valence-electron chi connectivity index (χ2n) is 21.5. The quantitative estimate of drug-likeness (QED) is 0.0111. The fourth-order valence-corrected chi connectivity index (χ4v) is 13.5. The predicted octanol–water partition coefficient (Wildman–Crippen LogP) is 15.6. The van der Waals surface area contributed by atoms with Gasteiger partial charge in [-0.25, -0.2) is 0 Å². The fourth-order valence-electron chi connectivity index (χ4n) is 9.00. The molecule has 476 valence electrons. The van der Waals surface area contributed by atoms with Gasteiger partial charge >= 0.3 is 26.2 Å². The lowest BCUT2D eigenvalue weighted by Gasteiger charge is -2.07. The topological polar surface area (TPSA) is 240 Å². The SMILES string of the molecule is C.Nc1cccc(B(O)O)c1.O=C(CCCCCCCCCCSCSCCCCCCCCCCC(=O)Nc1cccc(B(O)O)c1)Nc1ccccc1.O=C(O)CCCCCCCCCCSCSCCCCCCCCCCC(=O)O. The third-order valence-corrected chi connectivity index (χ3v) is 18.8. The number of rotatable bonds is 52. The molecule has 0 radical (unpaired) electrons. The number of hydrogen-bond donors (Lipinski definition) is 9. The van der Waals surface area contributed by atoms with Crippen molar-refractivity contribution in [1.29, 1.82) is 0 Å². The van der Waals surface area contributed by atoms with E-state index in [9.17, 15) is 29.2 Å². The van der Waals surface area contributed by atoms with E-state index in [1.165, 1.54) is 193 Å². The van der Waals surface area contributed by atoms with E-state index < -0.39 is 26.2 Å². The summed E-state index contributed by atoms with van der Waals surface area (Å²) in [5.74, 6) is 3.90. The third-order valence-electron chi connectivity index (χ3n) is 13.8. The summed E-state index contributed by atoms with van der Waals surface area (Å²) in [4.78, 5) is 44.9. The van der Waals surface area contributed by atoms with Gasteiger partial charge < -0.3 is 46.7 Å². The van der Waals surface area contributed by atoms with Crippen molar-refractivity contribution in [2.75, 3.05) is 49.5 Å². The van der Waals surface area contributed by atoms with Gasteiger partial charge in [-0.3, -0.25) is 19.2 Å². The minimum atomic E-state index is -1.52. The standard InChI is InChI=1S/C35H55BN2O4S2.C23H44O4S2.C6H8BNO2.CH4/c39-34(37-32-22-14-13-15-23-32)25-16-9-5-1-3-7-11-18-27-43-30-44-28-19-12-8-4-2-6-10-17-26-35(40)38-33-24-20-21-31(29-33)36(41)42;24-22(25)17-13-9-5-1-3-7-11-15-19-28-21-29-20-16-12-8-4-2-6-10-14-18-23(26)27;8-6-3-1-2-5(4-6)7(9)10;/h13-15,20-24,29,41-42H,1-12,16-19,25-28,30H2,(H,37,39)(H,38,40);1-21H2,(H,24,25)(H,26,27);1-4,9-10H,8H2;1H4. The van der Waals surface area contributed by atoms with Crippen molar-refractivity contribution in [2.24, 2.45) is 0 Å². The molecule has 3 aromatic rings. The monoisotopic (exact) mass is 1240 g/mol. The Morgan fingerprint density at radius 3 is 0.964 bits per heavy atom. The van der Waals surface area contributed by atoms with Gasteiger partial charge in [-0.05, 0) is 122 Å². The Bertz CT molecular complexity index is 1980. The Labute approximate surface area is 526 Å². The molecular weight excluding hydrogens is 1130 g/mol. The van der Waals surface area contributed by atoms with Gasteiger partial charge in [0, 0.05) is 52.9 Å². The van der Waals surface area contributed by atoms with Crippen molar-refractivity contribution in [3.63, 3.8) is 0 Å². The van der Waals surface area contributed by atoms with Gasteiger partial charge in [-0.15, -0.1) is 0 Å². The van der Waals surface area contributed by atoms with E-state index in [1.54, 1.807) is 42.5 Å². The number of amides is 2. The molecule has 13 nitrogen and oxygen atoms in total. The number of carboxylic acids is 2. The Morgan fingerprint density at radius 1 is 0.357 bits per heavy atom. The molecular formula is C65H111B2N3O10S4. The number of unbranched alkanes of at least 4 members (excludes halogenated alkanes) is 28. The number of para-hydroxylation sites is 1. The lowest BCUT2D eigenvalue weighted by atomic mass is 9.80. The molecule has 0 bridgehead atoms. The molecule has 0 aliphatic heterocycles. The van der Waals surface area contributed by atoms with Crippen LogP contribution in [0.25, 0.3) is 0 Å². The largest absolute Gasteiger partial charge is 0.488 e. The molecule has 0 spiro atoms. The van der Waals surface area contributed by atoms with Crippen LogP contribution in [0.1, 0.15) is 239 Å². The van der Waals surface area contributed by atoms with Gasteiger partial charge in [0.1, 0.15) is 0 Å². The molecule has 0 fully saturated rings. The summed E-state index contributed by atoms with van der Waals surface area (Å²) in [5.41, 5.74) is 8.19. The van der Waals surface area contributed by atoms with Crippen LogP contribution in [0, 0.1) is 0 Å². The van der Waals surface area contributed by atoms with Gasteiger partial charge in [-0.1, -0.05) is 204 Å². The third kappa shape index (κ3) is 55.3. The summed E-state index contributed by atoms with van der Waals surface area (Å²) in [6.07, 6.45) is 40.7. The zero-order valence-corrected chi connectivity index (χ0v) is 53.7. The normalized spacial score (nSPS) is 10.7. The zero-order chi connectivity index (χ0) is 60.5. The summed E-state index contributed by atoms with van der Waals surface area (Å²) >= 11 is 8.33. The van der Waals surface area contributed by atoms with Crippen molar-refractivity contribution in [3.05, 3.63) is 78.9 Å². The zero-order valence-electron chi connectivity index (χ0n) is 50.4. The van der Waals surface area contributed by atoms with E-state index >= 15 is 0 Å². The first-order valence-corrected chi connectivity index (χ1v) is 36.1. The predicted molar refractivity (Wildman–Crippen MR) is 368 cm³/mol. The van der Waals surface area contributed by atoms with E-state index in [4.69, 9.17) is 26.0 Å². The molecule has 19 heteroatoms. The van der Waals surface area contributed by atoms with Crippen molar-refractivity contribution in [2.45, 2.75) is 239 Å². The maximum atomic E-state index is 12.1. The number of anilines is 3. The highest BCUT2D eigenvalue weighted by Gasteiger charge is 2.12. The summed E-state index contributed by atoms with van der Waals surface area (Å²) in [6.45, 7) is 0. The van der Waals surface area contributed by atoms with Gasteiger partial charge in [0.15, 0.2) is 0 Å². The lowest BCUT2D eigenvalue weighted by molar-refractivity contribution is -0.138. The van der Waals surface area contributed by atoms with Crippen LogP contribution in [-0.2, 0) is 19.2 Å². The number of nitrogen functional groups attached to an aromatic ring is 1. The van der Waals surface area contributed by atoms with Crippen molar-refractivity contribution in [3.8, 4) is 0 Å². The van der Waals surface area contributed by atoms with Crippen LogP contribution in [0.4, 0.5) is 17.1 Å². The molecule has 2 amide bonds. The van der Waals surface area contributed by atoms with Gasteiger partial charge in [-0.2, -0.15) is 47.0 Å². The van der Waals surface area contributed by atoms with Crippen LogP contribution in [0.3, 0.4) is 0 Å². The first kappa shape index (κ1) is 80.7. The Balaban J connectivity index is 0.00000147. The molecule has 3 rings (SSSR count). The number of hydrogen-bond acceptors (Lipinski definition) is 13. The second kappa shape index (κ2) is 60.0. The van der Waals surface area contributed by atoms with E-state index in [0.29, 0.717) is 48.0 Å². The average Bonchev–Trinajstić information content (AvgIpc) is 3.58. The molecule has 3 aromatic carbocycles. The summed E-state index contributed by atoms with van der Waals surface area (Å²) in [6, 6.07) is 22.8. The van der Waals surface area contributed by atoms with Gasteiger partial charge in [0.2, 0.25) is 11.8 Å². The van der Waals surface area contributed by atoms with Crippen LogP contribution in [0.5, 0.6) is 0 Å². The smallest absolute Gasteiger partial charge is 0.481 e. The first-order valence-electron chi connectivity index (χ1n) is 31.4. The van der Waals surface area contributed by atoms with Crippen LogP contribution < -0.4 is 27.3 Å². The number of carbonyl (C=O) groups excluding carboxylic acids is 2. The van der Waals surface area contributed by atoms with Crippen molar-refractivity contribution in [1.82, 2.24) is 0 Å². The molecule has 0 heterocycles. The lowest BCUT2D eigenvalue weighted by Crippen LogP contribution is -2.30. The van der Waals surface area contributed by atoms with E-state index in [1.807, 2.05) is 30.3 Å². The second-order valence-corrected chi connectivity index (χ2v) is 26.6. The van der Waals surface area contributed by atoms with E-state index in [-0.39, 0.29) is 19.2 Å². The maximum Gasteiger partial charge on any atom is 0.488 e. The highest BCUT2D eigenvalue weighted by Crippen LogP contribution is 2.21. The summed E-state index contributed by atoms with van der Waals surface area (Å²) in [5, 5.41) is 61.2. The fraction of sp³-hybridized carbons (Fsp3) is 0.662. The number of nitrogens with one attached hydrogen (secondary N) is 2. The molecule has 0 saturated heterocycles. The van der Waals surface area contributed by atoms with Crippen LogP contribution in [-0.4, -0.2) is 101 Å².